The molecule has 1 aromatic heterocycles. The average Bonchev–Trinajstić information content (AvgIpc) is 3.21. The average molecular weight is 329 g/mol. The van der Waals surface area contributed by atoms with Gasteiger partial charge < -0.3 is 10.0 Å². The van der Waals surface area contributed by atoms with Gasteiger partial charge in [0.05, 0.1) is 5.92 Å². The number of nitrogens with zero attached hydrogens (tertiary/aromatic N) is 5. The number of likely N-dealkylation sites (tertiary alicyclic amines) is 1. The highest BCUT2D eigenvalue weighted by molar-refractivity contribution is 5.81. The number of benzene rings is 1. The second-order valence-electron chi connectivity index (χ2n) is 6.14. The number of rotatable bonds is 4. The molecular formula is C16H19N5O3. The summed E-state index contributed by atoms with van der Waals surface area (Å²) in [5.74, 6) is -1.20. The van der Waals surface area contributed by atoms with Crippen LogP contribution >= 0.6 is 0 Å². The maximum absolute atomic E-state index is 12.6. The smallest absolute Gasteiger partial charge is 0.308 e. The van der Waals surface area contributed by atoms with Gasteiger partial charge >= 0.3 is 5.97 Å². The Morgan fingerprint density at radius 2 is 1.96 bits per heavy atom. The molecule has 0 radical (unpaired) electrons. The second-order valence-corrected chi connectivity index (χ2v) is 6.14. The fourth-order valence-corrected chi connectivity index (χ4v) is 2.92. The normalized spacial score (nSPS) is 21.7. The first-order valence-electron chi connectivity index (χ1n) is 7.84. The number of amides is 1. The summed E-state index contributed by atoms with van der Waals surface area (Å²) < 4.78 is 0. The lowest BCUT2D eigenvalue weighted by Gasteiger charge is -2.19. The zero-order valence-electron chi connectivity index (χ0n) is 13.5. The van der Waals surface area contributed by atoms with Crippen molar-refractivity contribution < 1.29 is 14.7 Å². The Balaban J connectivity index is 1.73. The molecule has 1 aliphatic heterocycles. The van der Waals surface area contributed by atoms with Gasteiger partial charge in [0, 0.05) is 18.7 Å². The zero-order valence-corrected chi connectivity index (χ0v) is 13.5. The van der Waals surface area contributed by atoms with E-state index in [1.807, 2.05) is 37.3 Å². The first kappa shape index (κ1) is 16.1. The summed E-state index contributed by atoms with van der Waals surface area (Å²) in [4.78, 5) is 26.7. The number of carboxylic acid groups (broad SMARTS) is 1. The largest absolute Gasteiger partial charge is 0.481 e. The monoisotopic (exact) mass is 329 g/mol. The fraction of sp³-hybridized carbons (Fsp3) is 0.438. The third-order valence-electron chi connectivity index (χ3n) is 4.41. The Labute approximate surface area is 139 Å². The van der Waals surface area contributed by atoms with Gasteiger partial charge in [-0.05, 0) is 18.1 Å². The maximum atomic E-state index is 12.6. The van der Waals surface area contributed by atoms with Crippen molar-refractivity contribution in [1.29, 1.82) is 0 Å². The Kier molecular flexibility index (Phi) is 4.28. The molecule has 24 heavy (non-hydrogen) atoms. The molecule has 0 bridgehead atoms. The number of aliphatic carboxylic acids is 1. The summed E-state index contributed by atoms with van der Waals surface area (Å²) in [6, 6.07) is 8.76. The van der Waals surface area contributed by atoms with Crippen LogP contribution in [0.2, 0.25) is 0 Å². The molecule has 0 spiro atoms. The fourth-order valence-electron chi connectivity index (χ4n) is 2.92. The molecule has 2 heterocycles. The van der Waals surface area contributed by atoms with Crippen LogP contribution in [0.3, 0.4) is 0 Å². The standard InChI is InChI=1S/C16H19N5O3/c1-10-8-20(9-13(10)16(23)24)15(22)11(2)21-18-14(17-19-21)12-6-4-3-5-7-12/h3-7,10-11,13H,8-9H2,1-2H3,(H,23,24)/t10-,11?,13-/m1/s1. The van der Waals surface area contributed by atoms with E-state index >= 15 is 0 Å². The van der Waals surface area contributed by atoms with Crippen LogP contribution in [0.1, 0.15) is 19.9 Å². The molecule has 1 fully saturated rings. The first-order valence-corrected chi connectivity index (χ1v) is 7.84. The van der Waals surface area contributed by atoms with Crippen molar-refractivity contribution in [1.82, 2.24) is 25.1 Å². The number of carbonyl (C=O) groups excluding carboxylic acids is 1. The SMILES string of the molecule is CC(C(=O)N1C[C@@H](C)[C@H](C(=O)O)C1)n1nnc(-c2ccccc2)n1. The summed E-state index contributed by atoms with van der Waals surface area (Å²) >= 11 is 0. The van der Waals surface area contributed by atoms with Crippen molar-refractivity contribution in [3.63, 3.8) is 0 Å². The third-order valence-corrected chi connectivity index (χ3v) is 4.41. The van der Waals surface area contributed by atoms with Crippen LogP contribution < -0.4 is 0 Å². The van der Waals surface area contributed by atoms with E-state index in [1.165, 1.54) is 4.80 Å². The number of carboxylic acids is 1. The molecule has 1 aliphatic rings. The van der Waals surface area contributed by atoms with Crippen molar-refractivity contribution in [2.75, 3.05) is 13.1 Å². The highest BCUT2D eigenvalue weighted by Crippen LogP contribution is 2.25. The summed E-state index contributed by atoms with van der Waals surface area (Å²) in [5.41, 5.74) is 0.823. The molecule has 3 rings (SSSR count). The Bertz CT molecular complexity index is 745. The molecule has 126 valence electrons. The highest BCUT2D eigenvalue weighted by Gasteiger charge is 2.38. The number of hydrogen-bond acceptors (Lipinski definition) is 5. The van der Waals surface area contributed by atoms with Crippen molar-refractivity contribution in [3.05, 3.63) is 30.3 Å². The van der Waals surface area contributed by atoms with E-state index in [9.17, 15) is 14.7 Å². The summed E-state index contributed by atoms with van der Waals surface area (Å²) in [6.45, 7) is 4.19. The van der Waals surface area contributed by atoms with Gasteiger partial charge in [0.1, 0.15) is 6.04 Å². The number of aromatic nitrogens is 4. The van der Waals surface area contributed by atoms with E-state index in [0.29, 0.717) is 12.4 Å². The van der Waals surface area contributed by atoms with Crippen LogP contribution in [0.4, 0.5) is 0 Å². The molecule has 3 atom stereocenters. The van der Waals surface area contributed by atoms with Gasteiger partial charge in [-0.15, -0.1) is 10.2 Å². The lowest BCUT2D eigenvalue weighted by molar-refractivity contribution is -0.142. The molecule has 2 aromatic rings. The Hall–Kier alpha value is -2.77. The van der Waals surface area contributed by atoms with E-state index in [4.69, 9.17) is 0 Å². The van der Waals surface area contributed by atoms with Gasteiger partial charge in [-0.1, -0.05) is 37.3 Å². The molecule has 1 amide bonds. The number of hydrogen-bond donors (Lipinski definition) is 1. The van der Waals surface area contributed by atoms with E-state index in [0.717, 1.165) is 5.56 Å². The van der Waals surface area contributed by atoms with Gasteiger partial charge in [0.2, 0.25) is 11.7 Å². The minimum Gasteiger partial charge on any atom is -0.481 e. The Morgan fingerprint density at radius 3 is 2.58 bits per heavy atom. The molecule has 1 aromatic carbocycles. The van der Waals surface area contributed by atoms with E-state index in [-0.39, 0.29) is 18.4 Å². The van der Waals surface area contributed by atoms with Crippen LogP contribution in [0.25, 0.3) is 11.4 Å². The van der Waals surface area contributed by atoms with E-state index in [1.54, 1.807) is 11.8 Å². The topological polar surface area (TPSA) is 101 Å². The highest BCUT2D eigenvalue weighted by atomic mass is 16.4. The third kappa shape index (κ3) is 2.99. The lowest BCUT2D eigenvalue weighted by Crippen LogP contribution is -2.36. The van der Waals surface area contributed by atoms with Crippen LogP contribution in [0, 0.1) is 11.8 Å². The van der Waals surface area contributed by atoms with E-state index in [2.05, 4.69) is 15.4 Å². The molecule has 0 saturated carbocycles. The quantitative estimate of drug-likeness (QED) is 0.901. The van der Waals surface area contributed by atoms with Crippen molar-refractivity contribution in [2.24, 2.45) is 11.8 Å². The predicted octanol–water partition coefficient (Wildman–Crippen LogP) is 1.08. The molecule has 8 heteroatoms. The predicted molar refractivity (Wildman–Crippen MR) is 84.8 cm³/mol. The van der Waals surface area contributed by atoms with Gasteiger partial charge in [-0.2, -0.15) is 4.80 Å². The van der Waals surface area contributed by atoms with Crippen molar-refractivity contribution >= 4 is 11.9 Å². The van der Waals surface area contributed by atoms with Gasteiger partial charge in [0.15, 0.2) is 0 Å². The molecule has 1 saturated heterocycles. The van der Waals surface area contributed by atoms with Crippen LogP contribution in [-0.4, -0.2) is 55.2 Å². The molecule has 0 aliphatic carbocycles. The van der Waals surface area contributed by atoms with Crippen LogP contribution in [-0.2, 0) is 9.59 Å². The Morgan fingerprint density at radius 1 is 1.25 bits per heavy atom. The van der Waals surface area contributed by atoms with Crippen LogP contribution in [0.5, 0.6) is 0 Å². The van der Waals surface area contributed by atoms with Gasteiger partial charge in [-0.3, -0.25) is 9.59 Å². The summed E-state index contributed by atoms with van der Waals surface area (Å²) in [6.07, 6.45) is 0. The van der Waals surface area contributed by atoms with E-state index < -0.39 is 17.9 Å². The second kappa shape index (κ2) is 6.38. The molecule has 1 N–H and O–H groups in total. The molecule has 1 unspecified atom stereocenters. The summed E-state index contributed by atoms with van der Waals surface area (Å²) in [7, 11) is 0. The molecule has 8 nitrogen and oxygen atoms in total. The van der Waals surface area contributed by atoms with Crippen molar-refractivity contribution in [2.45, 2.75) is 19.9 Å². The van der Waals surface area contributed by atoms with Gasteiger partial charge in [0.25, 0.3) is 0 Å². The minimum absolute atomic E-state index is 0.0674. The van der Waals surface area contributed by atoms with Gasteiger partial charge in [-0.25, -0.2) is 0 Å². The number of tetrazole rings is 1. The maximum Gasteiger partial charge on any atom is 0.308 e. The van der Waals surface area contributed by atoms with Crippen LogP contribution in [0.15, 0.2) is 30.3 Å². The zero-order chi connectivity index (χ0) is 17.3. The molecular weight excluding hydrogens is 310 g/mol. The number of carbonyl (C=O) groups is 2. The first-order chi connectivity index (χ1) is 11.5. The minimum atomic E-state index is -0.865. The van der Waals surface area contributed by atoms with Crippen molar-refractivity contribution in [3.8, 4) is 11.4 Å². The summed E-state index contributed by atoms with van der Waals surface area (Å²) in [5, 5.41) is 21.4. The lowest BCUT2D eigenvalue weighted by atomic mass is 9.99.